The SMILES string of the molecule is COc1ccc(CNC(=O)CN(C(=O)c2csnn2)c2ccc(C)cc2C)cc1. The fourth-order valence-electron chi connectivity index (χ4n) is 2.91. The number of nitrogens with one attached hydrogen (secondary N) is 1. The van der Waals surface area contributed by atoms with Crippen molar-refractivity contribution in [2.75, 3.05) is 18.6 Å². The number of carbonyl (C=O) groups excluding carboxylic acids is 2. The van der Waals surface area contributed by atoms with Gasteiger partial charge in [-0.2, -0.15) is 0 Å². The summed E-state index contributed by atoms with van der Waals surface area (Å²) < 4.78 is 8.89. The maximum absolute atomic E-state index is 13.0. The number of methoxy groups -OCH3 is 1. The monoisotopic (exact) mass is 410 g/mol. The Hall–Kier alpha value is -3.26. The van der Waals surface area contributed by atoms with Gasteiger partial charge in [0.1, 0.15) is 12.3 Å². The third-order valence-electron chi connectivity index (χ3n) is 4.42. The average Bonchev–Trinajstić information content (AvgIpc) is 3.26. The molecule has 0 aliphatic heterocycles. The molecule has 0 aliphatic carbocycles. The van der Waals surface area contributed by atoms with Gasteiger partial charge in [0.25, 0.3) is 5.91 Å². The predicted octanol–water partition coefficient (Wildman–Crippen LogP) is 3.13. The van der Waals surface area contributed by atoms with Crippen LogP contribution in [-0.2, 0) is 11.3 Å². The van der Waals surface area contributed by atoms with Crippen LogP contribution in [0.5, 0.6) is 5.75 Å². The van der Waals surface area contributed by atoms with Crippen LogP contribution >= 0.6 is 11.5 Å². The molecular weight excluding hydrogens is 388 g/mol. The Labute approximate surface area is 173 Å². The topological polar surface area (TPSA) is 84.4 Å². The molecule has 1 heterocycles. The van der Waals surface area contributed by atoms with E-state index in [2.05, 4.69) is 14.9 Å². The number of anilines is 1. The number of hydrogen-bond donors (Lipinski definition) is 1. The van der Waals surface area contributed by atoms with Crippen LogP contribution in [0.15, 0.2) is 47.8 Å². The zero-order valence-corrected chi connectivity index (χ0v) is 17.3. The highest BCUT2D eigenvalue weighted by Crippen LogP contribution is 2.23. The highest BCUT2D eigenvalue weighted by molar-refractivity contribution is 7.03. The highest BCUT2D eigenvalue weighted by Gasteiger charge is 2.24. The Bertz CT molecular complexity index is 988. The summed E-state index contributed by atoms with van der Waals surface area (Å²) in [6.45, 7) is 4.14. The third-order valence-corrected chi connectivity index (χ3v) is 4.92. The third kappa shape index (κ3) is 5.17. The van der Waals surface area contributed by atoms with Crippen molar-refractivity contribution in [1.82, 2.24) is 14.9 Å². The maximum Gasteiger partial charge on any atom is 0.280 e. The van der Waals surface area contributed by atoms with E-state index in [0.717, 1.165) is 34.0 Å². The Balaban J connectivity index is 1.75. The first-order chi connectivity index (χ1) is 14.0. The summed E-state index contributed by atoms with van der Waals surface area (Å²) in [6, 6.07) is 13.2. The number of nitrogens with zero attached hydrogens (tertiary/aromatic N) is 3. The zero-order chi connectivity index (χ0) is 20.8. The normalized spacial score (nSPS) is 10.4. The van der Waals surface area contributed by atoms with E-state index < -0.39 is 0 Å². The molecule has 0 bridgehead atoms. The quantitative estimate of drug-likeness (QED) is 0.647. The molecule has 1 N–H and O–H groups in total. The lowest BCUT2D eigenvalue weighted by Gasteiger charge is -2.23. The summed E-state index contributed by atoms with van der Waals surface area (Å²) >= 11 is 1.10. The molecule has 0 saturated carbocycles. The van der Waals surface area contributed by atoms with Crippen LogP contribution < -0.4 is 15.0 Å². The molecule has 0 aliphatic rings. The van der Waals surface area contributed by atoms with E-state index in [1.807, 2.05) is 56.3 Å². The molecule has 0 fully saturated rings. The second-order valence-corrected chi connectivity index (χ2v) is 7.21. The summed E-state index contributed by atoms with van der Waals surface area (Å²) in [5, 5.41) is 8.30. The van der Waals surface area contributed by atoms with Gasteiger partial charge in [0.05, 0.1) is 7.11 Å². The van der Waals surface area contributed by atoms with E-state index in [0.29, 0.717) is 12.2 Å². The Kier molecular flexibility index (Phi) is 6.56. The van der Waals surface area contributed by atoms with Gasteiger partial charge in [0.2, 0.25) is 5.91 Å². The first kappa shape index (κ1) is 20.5. The summed E-state index contributed by atoms with van der Waals surface area (Å²) in [7, 11) is 1.60. The lowest BCUT2D eigenvalue weighted by Crippen LogP contribution is -2.41. The van der Waals surface area contributed by atoms with Gasteiger partial charge in [-0.25, -0.2) is 0 Å². The van der Waals surface area contributed by atoms with Crippen molar-refractivity contribution in [2.24, 2.45) is 0 Å². The van der Waals surface area contributed by atoms with Gasteiger partial charge in [-0.3, -0.25) is 14.5 Å². The molecule has 3 rings (SSSR count). The van der Waals surface area contributed by atoms with Gasteiger partial charge in [-0.05, 0) is 54.7 Å². The van der Waals surface area contributed by atoms with Gasteiger partial charge in [-0.1, -0.05) is 34.3 Å². The molecular formula is C21H22N4O3S. The van der Waals surface area contributed by atoms with E-state index >= 15 is 0 Å². The number of aromatic nitrogens is 2. The smallest absolute Gasteiger partial charge is 0.280 e. The number of hydrogen-bond acceptors (Lipinski definition) is 6. The molecule has 8 heteroatoms. The minimum atomic E-state index is -0.356. The van der Waals surface area contributed by atoms with Gasteiger partial charge >= 0.3 is 0 Å². The molecule has 0 unspecified atom stereocenters. The van der Waals surface area contributed by atoms with Crippen molar-refractivity contribution in [3.63, 3.8) is 0 Å². The van der Waals surface area contributed by atoms with E-state index in [9.17, 15) is 9.59 Å². The standard InChI is InChI=1S/C21H22N4O3S/c1-14-4-9-19(15(2)10-14)25(21(27)18-13-29-24-23-18)12-20(26)22-11-16-5-7-17(28-3)8-6-16/h4-10,13H,11-12H2,1-3H3,(H,22,26). The minimum Gasteiger partial charge on any atom is -0.497 e. The van der Waals surface area contributed by atoms with Crippen molar-refractivity contribution in [3.8, 4) is 5.75 Å². The lowest BCUT2D eigenvalue weighted by molar-refractivity contribution is -0.119. The second-order valence-electron chi connectivity index (χ2n) is 6.60. The maximum atomic E-state index is 13.0. The first-order valence-corrected chi connectivity index (χ1v) is 9.87. The summed E-state index contributed by atoms with van der Waals surface area (Å²) in [5.74, 6) is 0.131. The zero-order valence-electron chi connectivity index (χ0n) is 16.5. The first-order valence-electron chi connectivity index (χ1n) is 9.03. The van der Waals surface area contributed by atoms with E-state index in [1.54, 1.807) is 12.5 Å². The molecule has 0 atom stereocenters. The van der Waals surface area contributed by atoms with Crippen LogP contribution in [0.1, 0.15) is 27.2 Å². The van der Waals surface area contributed by atoms with Crippen molar-refractivity contribution >= 4 is 29.0 Å². The summed E-state index contributed by atoms with van der Waals surface area (Å²) in [4.78, 5) is 27.0. The van der Waals surface area contributed by atoms with Crippen LogP contribution in [0.3, 0.4) is 0 Å². The molecule has 0 saturated heterocycles. The van der Waals surface area contributed by atoms with Crippen molar-refractivity contribution in [3.05, 3.63) is 70.2 Å². The van der Waals surface area contributed by atoms with Crippen molar-refractivity contribution in [2.45, 2.75) is 20.4 Å². The average molecular weight is 410 g/mol. The predicted molar refractivity (Wildman–Crippen MR) is 112 cm³/mol. The van der Waals surface area contributed by atoms with Gasteiger partial charge < -0.3 is 10.1 Å². The molecule has 0 spiro atoms. The Morgan fingerprint density at radius 1 is 1.14 bits per heavy atom. The molecule has 29 heavy (non-hydrogen) atoms. The largest absolute Gasteiger partial charge is 0.497 e. The van der Waals surface area contributed by atoms with Crippen LogP contribution in [0.4, 0.5) is 5.69 Å². The van der Waals surface area contributed by atoms with Crippen LogP contribution in [-0.4, -0.2) is 35.1 Å². The molecule has 2 aromatic carbocycles. The fraction of sp³-hybridized carbons (Fsp3) is 0.238. The molecule has 3 aromatic rings. The second kappa shape index (κ2) is 9.29. The number of amides is 2. The van der Waals surface area contributed by atoms with Crippen LogP contribution in [0.25, 0.3) is 0 Å². The number of benzene rings is 2. The fourth-order valence-corrected chi connectivity index (χ4v) is 3.34. The van der Waals surface area contributed by atoms with Crippen molar-refractivity contribution in [1.29, 1.82) is 0 Å². The molecule has 150 valence electrons. The number of carbonyl (C=O) groups is 2. The van der Waals surface area contributed by atoms with E-state index in [1.165, 1.54) is 4.90 Å². The summed E-state index contributed by atoms with van der Waals surface area (Å²) in [6.07, 6.45) is 0. The Morgan fingerprint density at radius 3 is 2.52 bits per heavy atom. The number of ether oxygens (including phenoxy) is 1. The lowest BCUT2D eigenvalue weighted by atomic mass is 10.1. The molecule has 1 aromatic heterocycles. The molecule has 0 radical (unpaired) electrons. The number of aryl methyl sites for hydroxylation is 2. The highest BCUT2D eigenvalue weighted by atomic mass is 32.1. The molecule has 7 nitrogen and oxygen atoms in total. The van der Waals surface area contributed by atoms with Gasteiger partial charge in [-0.15, -0.1) is 5.10 Å². The van der Waals surface area contributed by atoms with E-state index in [-0.39, 0.29) is 24.1 Å². The van der Waals surface area contributed by atoms with Gasteiger partial charge in [0.15, 0.2) is 5.69 Å². The van der Waals surface area contributed by atoms with E-state index in [4.69, 9.17) is 4.74 Å². The molecule has 2 amide bonds. The Morgan fingerprint density at radius 2 is 1.90 bits per heavy atom. The van der Waals surface area contributed by atoms with Gasteiger partial charge in [0, 0.05) is 17.6 Å². The van der Waals surface area contributed by atoms with Crippen LogP contribution in [0, 0.1) is 13.8 Å². The van der Waals surface area contributed by atoms with Crippen LogP contribution in [0.2, 0.25) is 0 Å². The summed E-state index contributed by atoms with van der Waals surface area (Å²) in [5.41, 5.74) is 3.82. The number of rotatable bonds is 7. The minimum absolute atomic E-state index is 0.115. The van der Waals surface area contributed by atoms with Crippen molar-refractivity contribution < 1.29 is 14.3 Å².